The van der Waals surface area contributed by atoms with Gasteiger partial charge in [0.1, 0.15) is 5.82 Å². The molecule has 1 saturated heterocycles. The number of nitrogens with zero attached hydrogens (tertiary/aromatic N) is 5. The third-order valence-corrected chi connectivity index (χ3v) is 5.76. The third kappa shape index (κ3) is 3.43. The highest BCUT2D eigenvalue weighted by molar-refractivity contribution is 5.84. The van der Waals surface area contributed by atoms with Gasteiger partial charge in [0.15, 0.2) is 17.0 Å². The normalized spacial score (nSPS) is 22.5. The summed E-state index contributed by atoms with van der Waals surface area (Å²) >= 11 is 0. The summed E-state index contributed by atoms with van der Waals surface area (Å²) in [7, 11) is 0. The van der Waals surface area contributed by atoms with Gasteiger partial charge in [-0.1, -0.05) is 40.0 Å². The summed E-state index contributed by atoms with van der Waals surface area (Å²) in [4.78, 5) is 16.7. The molecule has 2 aromatic rings. The number of aliphatic hydroxyl groups excluding tert-OH is 1. The summed E-state index contributed by atoms with van der Waals surface area (Å²) in [5, 5.41) is 9.97. The van der Waals surface area contributed by atoms with E-state index in [4.69, 9.17) is 15.0 Å². The number of hydrogen-bond acceptors (Lipinski definition) is 5. The zero-order valence-corrected chi connectivity index (χ0v) is 16.3. The van der Waals surface area contributed by atoms with Crippen molar-refractivity contribution in [3.8, 4) is 0 Å². The minimum Gasteiger partial charge on any atom is -0.391 e. The van der Waals surface area contributed by atoms with Gasteiger partial charge in [-0.2, -0.15) is 0 Å². The van der Waals surface area contributed by atoms with Gasteiger partial charge >= 0.3 is 0 Å². The highest BCUT2D eigenvalue weighted by Gasteiger charge is 2.28. The zero-order valence-electron chi connectivity index (χ0n) is 16.3. The molecule has 0 aromatic carbocycles. The minimum absolute atomic E-state index is 0.124. The molecule has 0 bridgehead atoms. The van der Waals surface area contributed by atoms with E-state index in [0.717, 1.165) is 48.2 Å². The number of aromatic nitrogens is 4. The molecule has 1 unspecified atom stereocenters. The Morgan fingerprint density at radius 3 is 2.54 bits per heavy atom. The van der Waals surface area contributed by atoms with E-state index < -0.39 is 0 Å². The summed E-state index contributed by atoms with van der Waals surface area (Å²) in [5.74, 6) is 2.47. The number of anilines is 1. The zero-order chi connectivity index (χ0) is 18.3. The summed E-state index contributed by atoms with van der Waals surface area (Å²) in [6, 6.07) is 0. The van der Waals surface area contributed by atoms with Gasteiger partial charge in [-0.3, -0.25) is 0 Å². The fraction of sp³-hybridized carbons (Fsp3) is 0.750. The van der Waals surface area contributed by atoms with Gasteiger partial charge in [-0.05, 0) is 25.2 Å². The number of imidazole rings is 1. The molecule has 1 saturated carbocycles. The molecule has 0 radical (unpaired) electrons. The van der Waals surface area contributed by atoms with Crippen LogP contribution in [0.5, 0.6) is 0 Å². The molecule has 3 heterocycles. The molecule has 1 N–H and O–H groups in total. The van der Waals surface area contributed by atoms with Crippen LogP contribution in [-0.2, 0) is 12.0 Å². The predicted molar refractivity (Wildman–Crippen MR) is 103 cm³/mol. The first kappa shape index (κ1) is 17.7. The van der Waals surface area contributed by atoms with Crippen LogP contribution in [-0.4, -0.2) is 43.8 Å². The molecule has 26 heavy (non-hydrogen) atoms. The molecule has 1 aliphatic carbocycles. The second-order valence-electron chi connectivity index (χ2n) is 9.08. The highest BCUT2D eigenvalue weighted by Crippen LogP contribution is 2.31. The van der Waals surface area contributed by atoms with Crippen molar-refractivity contribution in [2.75, 3.05) is 18.0 Å². The average Bonchev–Trinajstić information content (AvgIpc) is 3.21. The topological polar surface area (TPSA) is 67.1 Å². The minimum atomic E-state index is -0.276. The lowest BCUT2D eigenvalue weighted by Crippen LogP contribution is -2.25. The third-order valence-electron chi connectivity index (χ3n) is 5.76. The van der Waals surface area contributed by atoms with Crippen LogP contribution in [0.2, 0.25) is 0 Å². The standard InChI is InChI=1S/C20H31N5O/c1-20(2,3)19-22-17(24-10-9-15(26)12-24)16-18(23-19)25(13-21-16)11-14-7-5-4-6-8-14/h13-15,26H,4-12H2,1-3H3. The first-order chi connectivity index (χ1) is 12.4. The summed E-state index contributed by atoms with van der Waals surface area (Å²) in [6.07, 6.45) is 9.13. The lowest BCUT2D eigenvalue weighted by atomic mass is 9.89. The van der Waals surface area contributed by atoms with Gasteiger partial charge in [0.05, 0.1) is 12.4 Å². The number of fused-ring (bicyclic) bond motifs is 1. The van der Waals surface area contributed by atoms with Crippen LogP contribution >= 0.6 is 0 Å². The fourth-order valence-electron chi connectivity index (χ4n) is 4.20. The summed E-state index contributed by atoms with van der Waals surface area (Å²) in [6.45, 7) is 8.91. The molecule has 142 valence electrons. The van der Waals surface area contributed by atoms with E-state index in [9.17, 15) is 5.11 Å². The van der Waals surface area contributed by atoms with Crippen LogP contribution in [0.3, 0.4) is 0 Å². The quantitative estimate of drug-likeness (QED) is 0.913. The van der Waals surface area contributed by atoms with Crippen LogP contribution in [0.4, 0.5) is 5.82 Å². The van der Waals surface area contributed by atoms with Gasteiger partial charge in [0.2, 0.25) is 0 Å². The Balaban J connectivity index is 1.75. The van der Waals surface area contributed by atoms with Crippen LogP contribution in [0.25, 0.3) is 11.2 Å². The Labute approximate surface area is 155 Å². The highest BCUT2D eigenvalue weighted by atomic mass is 16.3. The first-order valence-electron chi connectivity index (χ1n) is 10.1. The SMILES string of the molecule is CC(C)(C)c1nc(N2CCC(O)C2)c2ncn(CC3CCCCC3)c2n1. The lowest BCUT2D eigenvalue weighted by Gasteiger charge is -2.24. The summed E-state index contributed by atoms with van der Waals surface area (Å²) < 4.78 is 2.23. The largest absolute Gasteiger partial charge is 0.391 e. The molecule has 2 fully saturated rings. The van der Waals surface area contributed by atoms with Crippen molar-refractivity contribution in [2.45, 2.75) is 77.4 Å². The van der Waals surface area contributed by atoms with Gasteiger partial charge in [-0.15, -0.1) is 0 Å². The lowest BCUT2D eigenvalue weighted by molar-refractivity contribution is 0.198. The fourth-order valence-corrected chi connectivity index (χ4v) is 4.20. The monoisotopic (exact) mass is 357 g/mol. The number of rotatable bonds is 3. The van der Waals surface area contributed by atoms with E-state index in [1.165, 1.54) is 32.1 Å². The van der Waals surface area contributed by atoms with Gasteiger partial charge in [0, 0.05) is 25.0 Å². The van der Waals surface area contributed by atoms with Crippen molar-refractivity contribution in [2.24, 2.45) is 5.92 Å². The van der Waals surface area contributed by atoms with E-state index in [1.807, 2.05) is 6.33 Å². The Morgan fingerprint density at radius 1 is 1.12 bits per heavy atom. The van der Waals surface area contributed by atoms with E-state index in [-0.39, 0.29) is 11.5 Å². The van der Waals surface area contributed by atoms with Crippen LogP contribution in [0.1, 0.15) is 65.1 Å². The maximum absolute atomic E-state index is 9.97. The molecular formula is C20H31N5O. The second kappa shape index (κ2) is 6.80. The maximum atomic E-state index is 9.97. The van der Waals surface area contributed by atoms with E-state index in [2.05, 4.69) is 30.2 Å². The molecule has 0 amide bonds. The molecule has 6 nitrogen and oxygen atoms in total. The number of hydrogen-bond donors (Lipinski definition) is 1. The Kier molecular flexibility index (Phi) is 4.63. The van der Waals surface area contributed by atoms with Crippen molar-refractivity contribution in [1.82, 2.24) is 19.5 Å². The van der Waals surface area contributed by atoms with Crippen molar-refractivity contribution < 1.29 is 5.11 Å². The number of aliphatic hydroxyl groups is 1. The molecule has 0 spiro atoms. The maximum Gasteiger partial charge on any atom is 0.165 e. The molecule has 6 heteroatoms. The Morgan fingerprint density at radius 2 is 1.88 bits per heavy atom. The molecule has 1 atom stereocenters. The van der Waals surface area contributed by atoms with Crippen molar-refractivity contribution in [1.29, 1.82) is 0 Å². The Bertz CT molecular complexity index is 772. The molecule has 4 rings (SSSR count). The van der Waals surface area contributed by atoms with Crippen molar-refractivity contribution in [3.63, 3.8) is 0 Å². The van der Waals surface area contributed by atoms with Crippen LogP contribution < -0.4 is 4.90 Å². The Hall–Kier alpha value is -1.69. The van der Waals surface area contributed by atoms with Gasteiger partial charge in [0.25, 0.3) is 0 Å². The molecular weight excluding hydrogens is 326 g/mol. The van der Waals surface area contributed by atoms with Gasteiger partial charge in [-0.25, -0.2) is 15.0 Å². The second-order valence-corrected chi connectivity index (χ2v) is 9.08. The smallest absolute Gasteiger partial charge is 0.165 e. The van der Waals surface area contributed by atoms with E-state index in [1.54, 1.807) is 0 Å². The van der Waals surface area contributed by atoms with E-state index >= 15 is 0 Å². The molecule has 2 aliphatic rings. The number of β-amino-alcohol motifs (C(OH)–C–C–N with tert-alkyl or cyclic N) is 1. The molecule has 1 aliphatic heterocycles. The van der Waals surface area contributed by atoms with Crippen LogP contribution in [0.15, 0.2) is 6.33 Å². The average molecular weight is 358 g/mol. The van der Waals surface area contributed by atoms with E-state index in [0.29, 0.717) is 6.54 Å². The summed E-state index contributed by atoms with van der Waals surface area (Å²) in [5.41, 5.74) is 1.70. The van der Waals surface area contributed by atoms with Gasteiger partial charge < -0.3 is 14.6 Å². The first-order valence-corrected chi connectivity index (χ1v) is 10.1. The molecule has 2 aromatic heterocycles. The van der Waals surface area contributed by atoms with Crippen molar-refractivity contribution in [3.05, 3.63) is 12.2 Å². The predicted octanol–water partition coefficient (Wildman–Crippen LogP) is 3.28. The van der Waals surface area contributed by atoms with Crippen LogP contribution in [0, 0.1) is 5.92 Å². The van der Waals surface area contributed by atoms with Crippen molar-refractivity contribution >= 4 is 17.0 Å².